The minimum atomic E-state index is -0.677. The Labute approximate surface area is 160 Å². The van der Waals surface area contributed by atoms with Gasteiger partial charge < -0.3 is 30.7 Å². The summed E-state index contributed by atoms with van der Waals surface area (Å²) < 4.78 is 5.39. The van der Waals surface area contributed by atoms with Crippen molar-refractivity contribution >= 4 is 5.69 Å². The van der Waals surface area contributed by atoms with E-state index in [1.54, 1.807) is 36.4 Å². The number of anilines is 1. The molecule has 6 nitrogen and oxygen atoms in total. The topological polar surface area (TPSA) is 94.0 Å². The molecule has 5 N–H and O–H groups in total. The number of nitrogens with one attached hydrogen (secondary N) is 2. The number of ether oxygens (including phenoxy) is 1. The van der Waals surface area contributed by atoms with Gasteiger partial charge in [-0.15, -0.1) is 0 Å². The first kappa shape index (κ1) is 20.9. The molecule has 0 aliphatic carbocycles. The zero-order valence-electron chi connectivity index (χ0n) is 16.4. The summed E-state index contributed by atoms with van der Waals surface area (Å²) in [6.07, 6.45) is -0.677. The van der Waals surface area contributed by atoms with E-state index in [9.17, 15) is 15.3 Å². The highest BCUT2D eigenvalue weighted by Gasteiger charge is 2.15. The zero-order valence-corrected chi connectivity index (χ0v) is 16.4. The molecule has 2 aromatic carbocycles. The molecule has 2 rings (SSSR count). The van der Waals surface area contributed by atoms with Gasteiger partial charge in [0.15, 0.2) is 11.5 Å². The van der Waals surface area contributed by atoms with E-state index >= 15 is 0 Å². The van der Waals surface area contributed by atoms with Crippen LogP contribution in [0.5, 0.6) is 17.2 Å². The molecule has 0 aliphatic rings. The van der Waals surface area contributed by atoms with Gasteiger partial charge in [0.25, 0.3) is 0 Å². The molecule has 1 atom stereocenters. The fourth-order valence-electron chi connectivity index (χ4n) is 2.56. The number of rotatable bonds is 8. The molecular formula is C21H30N2O4. The van der Waals surface area contributed by atoms with Crippen molar-refractivity contribution in [3.05, 3.63) is 47.5 Å². The monoisotopic (exact) mass is 374 g/mol. The van der Waals surface area contributed by atoms with Crippen LogP contribution in [0.4, 0.5) is 5.69 Å². The molecule has 0 amide bonds. The van der Waals surface area contributed by atoms with Gasteiger partial charge in [-0.1, -0.05) is 12.1 Å². The summed E-state index contributed by atoms with van der Waals surface area (Å²) in [5, 5.41) is 36.7. The maximum absolute atomic E-state index is 10.4. The highest BCUT2D eigenvalue weighted by Crippen LogP contribution is 2.30. The fraction of sp³-hybridized carbons (Fsp3) is 0.429. The lowest BCUT2D eigenvalue weighted by Crippen LogP contribution is -2.38. The molecule has 1 unspecified atom stereocenters. The van der Waals surface area contributed by atoms with Gasteiger partial charge in [0.05, 0.1) is 18.4 Å². The van der Waals surface area contributed by atoms with Crippen molar-refractivity contribution in [1.29, 1.82) is 0 Å². The van der Waals surface area contributed by atoms with Crippen LogP contribution in [0.25, 0.3) is 0 Å². The van der Waals surface area contributed by atoms with Crippen LogP contribution in [0, 0.1) is 0 Å². The SMILES string of the molecule is CCOc1cc(CNc2cc(C(O)CNC(C)(C)C)ccc2O)ccc1O. The van der Waals surface area contributed by atoms with Gasteiger partial charge >= 0.3 is 0 Å². The van der Waals surface area contributed by atoms with E-state index < -0.39 is 6.10 Å². The second-order valence-corrected chi connectivity index (χ2v) is 7.51. The number of aliphatic hydroxyl groups excluding tert-OH is 1. The van der Waals surface area contributed by atoms with E-state index in [-0.39, 0.29) is 17.0 Å². The number of phenolic OH excluding ortho intramolecular Hbond substituents is 2. The van der Waals surface area contributed by atoms with Crippen molar-refractivity contribution in [2.45, 2.75) is 45.9 Å². The smallest absolute Gasteiger partial charge is 0.161 e. The summed E-state index contributed by atoms with van der Waals surface area (Å²) >= 11 is 0. The summed E-state index contributed by atoms with van der Waals surface area (Å²) in [6.45, 7) is 9.30. The Balaban J connectivity index is 2.07. The number of β-amino-alcohol motifs (C(OH)–C–C–N with tert-alkyl or cyclic N) is 1. The maximum Gasteiger partial charge on any atom is 0.161 e. The molecule has 0 radical (unpaired) electrons. The number of benzene rings is 2. The van der Waals surface area contributed by atoms with Crippen LogP contribution in [0.3, 0.4) is 0 Å². The van der Waals surface area contributed by atoms with Crippen molar-refractivity contribution in [1.82, 2.24) is 5.32 Å². The molecule has 0 heterocycles. The lowest BCUT2D eigenvalue weighted by molar-refractivity contribution is 0.163. The number of aliphatic hydroxyl groups is 1. The summed E-state index contributed by atoms with van der Waals surface area (Å²) in [7, 11) is 0. The Morgan fingerprint density at radius 1 is 1.04 bits per heavy atom. The van der Waals surface area contributed by atoms with Crippen LogP contribution >= 0.6 is 0 Å². The number of phenols is 2. The molecule has 0 bridgehead atoms. The Morgan fingerprint density at radius 2 is 1.74 bits per heavy atom. The van der Waals surface area contributed by atoms with E-state index in [2.05, 4.69) is 10.6 Å². The van der Waals surface area contributed by atoms with E-state index in [4.69, 9.17) is 4.74 Å². The molecule has 0 saturated carbocycles. The Bertz CT molecular complexity index is 756. The van der Waals surface area contributed by atoms with Gasteiger partial charge in [-0.3, -0.25) is 0 Å². The van der Waals surface area contributed by atoms with Crippen LogP contribution in [0.15, 0.2) is 36.4 Å². The van der Waals surface area contributed by atoms with Crippen molar-refractivity contribution in [3.63, 3.8) is 0 Å². The third-order valence-corrected chi connectivity index (χ3v) is 4.04. The largest absolute Gasteiger partial charge is 0.506 e. The van der Waals surface area contributed by atoms with E-state index in [1.807, 2.05) is 27.7 Å². The number of hydrogen-bond donors (Lipinski definition) is 5. The quantitative estimate of drug-likeness (QED) is 0.454. The van der Waals surface area contributed by atoms with Gasteiger partial charge in [0.2, 0.25) is 0 Å². The van der Waals surface area contributed by atoms with Gasteiger partial charge in [0, 0.05) is 18.6 Å². The van der Waals surface area contributed by atoms with Crippen molar-refractivity contribution in [2.75, 3.05) is 18.5 Å². The highest BCUT2D eigenvalue weighted by atomic mass is 16.5. The van der Waals surface area contributed by atoms with Gasteiger partial charge in [-0.25, -0.2) is 0 Å². The molecule has 0 aromatic heterocycles. The first-order valence-electron chi connectivity index (χ1n) is 9.14. The maximum atomic E-state index is 10.4. The minimum absolute atomic E-state index is 0.0872. The minimum Gasteiger partial charge on any atom is -0.506 e. The zero-order chi connectivity index (χ0) is 20.0. The Hall–Kier alpha value is -2.44. The van der Waals surface area contributed by atoms with E-state index in [0.29, 0.717) is 36.7 Å². The second-order valence-electron chi connectivity index (χ2n) is 7.51. The number of hydrogen-bond acceptors (Lipinski definition) is 6. The average molecular weight is 374 g/mol. The lowest BCUT2D eigenvalue weighted by atomic mass is 10.1. The normalized spacial score (nSPS) is 12.6. The van der Waals surface area contributed by atoms with Crippen molar-refractivity contribution in [2.24, 2.45) is 0 Å². The van der Waals surface area contributed by atoms with Crippen LogP contribution in [0.1, 0.15) is 44.9 Å². The third kappa shape index (κ3) is 6.34. The second kappa shape index (κ2) is 8.97. The van der Waals surface area contributed by atoms with E-state index in [1.165, 1.54) is 0 Å². The molecular weight excluding hydrogens is 344 g/mol. The molecule has 0 spiro atoms. The molecule has 6 heteroatoms. The van der Waals surface area contributed by atoms with Gasteiger partial charge in [0.1, 0.15) is 5.75 Å². The molecule has 0 aliphatic heterocycles. The van der Waals surface area contributed by atoms with Crippen LogP contribution in [0.2, 0.25) is 0 Å². The summed E-state index contributed by atoms with van der Waals surface area (Å²) in [5.74, 6) is 0.636. The van der Waals surface area contributed by atoms with Gasteiger partial charge in [-0.2, -0.15) is 0 Å². The Morgan fingerprint density at radius 3 is 2.41 bits per heavy atom. The summed E-state index contributed by atoms with van der Waals surface area (Å²) in [4.78, 5) is 0. The van der Waals surface area contributed by atoms with Crippen LogP contribution in [-0.4, -0.2) is 34.0 Å². The summed E-state index contributed by atoms with van der Waals surface area (Å²) in [6, 6.07) is 10.2. The molecule has 27 heavy (non-hydrogen) atoms. The highest BCUT2D eigenvalue weighted by molar-refractivity contribution is 5.58. The summed E-state index contributed by atoms with van der Waals surface area (Å²) in [5.41, 5.74) is 2.06. The van der Waals surface area contributed by atoms with Crippen LogP contribution < -0.4 is 15.4 Å². The Kier molecular flexibility index (Phi) is 6.93. The first-order valence-corrected chi connectivity index (χ1v) is 9.14. The third-order valence-electron chi connectivity index (χ3n) is 4.04. The van der Waals surface area contributed by atoms with Crippen LogP contribution in [-0.2, 0) is 6.54 Å². The average Bonchev–Trinajstić information content (AvgIpc) is 2.61. The first-order chi connectivity index (χ1) is 12.7. The fourth-order valence-corrected chi connectivity index (χ4v) is 2.56. The van der Waals surface area contributed by atoms with Crippen molar-refractivity contribution < 1.29 is 20.1 Å². The standard InChI is InChI=1S/C21H30N2O4/c1-5-27-20-10-14(6-8-18(20)25)12-22-16-11-15(7-9-17(16)24)19(26)13-23-21(2,3)4/h6-11,19,22-26H,5,12-13H2,1-4H3. The number of aromatic hydroxyl groups is 2. The molecule has 148 valence electrons. The van der Waals surface area contributed by atoms with E-state index in [0.717, 1.165) is 5.56 Å². The lowest BCUT2D eigenvalue weighted by Gasteiger charge is -2.23. The molecule has 0 saturated heterocycles. The van der Waals surface area contributed by atoms with Crippen molar-refractivity contribution in [3.8, 4) is 17.2 Å². The predicted octanol–water partition coefficient (Wildman–Crippen LogP) is 3.53. The molecule has 0 fully saturated rings. The predicted molar refractivity (Wildman–Crippen MR) is 107 cm³/mol. The molecule has 2 aromatic rings. The van der Waals surface area contributed by atoms with Gasteiger partial charge in [-0.05, 0) is 63.1 Å².